The third-order valence-corrected chi connectivity index (χ3v) is 5.80. The number of hydrogen-bond acceptors (Lipinski definition) is 3. The van der Waals surface area contributed by atoms with E-state index in [2.05, 4.69) is 26.2 Å². The molecule has 26 heavy (non-hydrogen) atoms. The van der Waals surface area contributed by atoms with E-state index in [1.165, 1.54) is 0 Å². The summed E-state index contributed by atoms with van der Waals surface area (Å²) in [7, 11) is 1.99. The first-order chi connectivity index (χ1) is 12.5. The molecule has 0 bridgehead atoms. The quantitative estimate of drug-likeness (QED) is 0.688. The summed E-state index contributed by atoms with van der Waals surface area (Å²) in [6.45, 7) is 3.40. The molecule has 3 heterocycles. The molecule has 0 saturated carbocycles. The largest absolute Gasteiger partial charge is 0.324 e. The van der Waals surface area contributed by atoms with Crippen LogP contribution in [0.2, 0.25) is 0 Å². The molecule has 1 fully saturated rings. The second kappa shape index (κ2) is 6.72. The molecular weight excluding hydrogens is 394 g/mol. The molecule has 0 spiro atoms. The van der Waals surface area contributed by atoms with E-state index < -0.39 is 0 Å². The Labute approximate surface area is 160 Å². The number of aromatic nitrogens is 3. The molecule has 0 radical (unpaired) electrons. The average Bonchev–Trinajstić information content (AvgIpc) is 3.24. The molecule has 0 aliphatic carbocycles. The molecule has 1 saturated heterocycles. The lowest BCUT2D eigenvalue weighted by atomic mass is 10.1. The van der Waals surface area contributed by atoms with Gasteiger partial charge in [0.25, 0.3) is 0 Å². The predicted octanol–water partition coefficient (Wildman–Crippen LogP) is 4.06. The molecule has 134 valence electrons. The first-order valence-electron chi connectivity index (χ1n) is 8.62. The van der Waals surface area contributed by atoms with Gasteiger partial charge in [0.15, 0.2) is 5.65 Å². The van der Waals surface area contributed by atoms with E-state index in [1.807, 2.05) is 53.8 Å². The number of pyridine rings is 1. The molecule has 7 heteroatoms. The number of carbonyl (C=O) groups excluding carboxylic acids is 1. The molecule has 2 amide bonds. The third kappa shape index (κ3) is 3.07. The Kier molecular flexibility index (Phi) is 4.40. The Morgan fingerprint density at radius 2 is 2.19 bits per heavy atom. The monoisotopic (exact) mass is 413 g/mol. The predicted molar refractivity (Wildman–Crippen MR) is 105 cm³/mol. The average molecular weight is 414 g/mol. The number of carbonyl (C=O) groups is 1. The van der Waals surface area contributed by atoms with Crippen LogP contribution in [0.3, 0.4) is 0 Å². The van der Waals surface area contributed by atoms with Crippen molar-refractivity contribution in [2.24, 2.45) is 7.05 Å². The van der Waals surface area contributed by atoms with E-state index in [4.69, 9.17) is 4.98 Å². The highest BCUT2D eigenvalue weighted by atomic mass is 79.9. The summed E-state index contributed by atoms with van der Waals surface area (Å²) >= 11 is 3.48. The summed E-state index contributed by atoms with van der Waals surface area (Å²) in [5.74, 6) is 1.22. The van der Waals surface area contributed by atoms with Crippen LogP contribution in [0.25, 0.3) is 11.2 Å². The van der Waals surface area contributed by atoms with Crippen LogP contribution < -0.4 is 5.32 Å². The van der Waals surface area contributed by atoms with Crippen molar-refractivity contribution in [2.45, 2.75) is 19.3 Å². The number of urea groups is 1. The summed E-state index contributed by atoms with van der Waals surface area (Å²) in [6.07, 6.45) is 2.69. The number of anilines is 1. The number of aryl methyl sites for hydroxylation is 2. The number of imidazole rings is 1. The SMILES string of the molecule is Cc1cc(NC(=O)N2CC[C@@H](c3nc4cccnc4n3C)C2)ccc1Br. The lowest BCUT2D eigenvalue weighted by Crippen LogP contribution is -2.33. The van der Waals surface area contributed by atoms with Gasteiger partial charge in [-0.25, -0.2) is 14.8 Å². The topological polar surface area (TPSA) is 63.1 Å². The fourth-order valence-corrected chi connectivity index (χ4v) is 3.73. The minimum absolute atomic E-state index is 0.0638. The van der Waals surface area contributed by atoms with Gasteiger partial charge in [-0.15, -0.1) is 0 Å². The number of halogens is 1. The molecule has 6 nitrogen and oxygen atoms in total. The van der Waals surface area contributed by atoms with Gasteiger partial charge in [0.05, 0.1) is 0 Å². The van der Waals surface area contributed by atoms with Gasteiger partial charge < -0.3 is 14.8 Å². The maximum atomic E-state index is 12.6. The van der Waals surface area contributed by atoms with Gasteiger partial charge in [0, 0.05) is 42.4 Å². The number of benzene rings is 1. The zero-order valence-corrected chi connectivity index (χ0v) is 16.3. The maximum Gasteiger partial charge on any atom is 0.321 e. The molecule has 3 aromatic rings. The zero-order chi connectivity index (χ0) is 18.3. The summed E-state index contributed by atoms with van der Waals surface area (Å²) in [5, 5.41) is 2.99. The molecule has 0 unspecified atom stereocenters. The summed E-state index contributed by atoms with van der Waals surface area (Å²) < 4.78 is 3.08. The highest BCUT2D eigenvalue weighted by Crippen LogP contribution is 2.29. The summed E-state index contributed by atoms with van der Waals surface area (Å²) in [4.78, 5) is 23.6. The highest BCUT2D eigenvalue weighted by molar-refractivity contribution is 9.10. The van der Waals surface area contributed by atoms with Crippen LogP contribution in [-0.2, 0) is 7.05 Å². The molecule has 1 aromatic carbocycles. The van der Waals surface area contributed by atoms with Crippen molar-refractivity contribution in [3.8, 4) is 0 Å². The maximum absolute atomic E-state index is 12.6. The van der Waals surface area contributed by atoms with Crippen molar-refractivity contribution in [3.05, 3.63) is 52.4 Å². The Morgan fingerprint density at radius 1 is 1.35 bits per heavy atom. The summed E-state index contributed by atoms with van der Waals surface area (Å²) in [6, 6.07) is 9.62. The van der Waals surface area contributed by atoms with Crippen LogP contribution in [-0.4, -0.2) is 38.6 Å². The van der Waals surface area contributed by atoms with Gasteiger partial charge in [-0.1, -0.05) is 15.9 Å². The smallest absolute Gasteiger partial charge is 0.321 e. The number of likely N-dealkylation sites (tertiary alicyclic amines) is 1. The van der Waals surface area contributed by atoms with Crippen LogP contribution in [0.5, 0.6) is 0 Å². The van der Waals surface area contributed by atoms with Gasteiger partial charge >= 0.3 is 6.03 Å². The first kappa shape index (κ1) is 17.0. The minimum atomic E-state index is -0.0638. The fourth-order valence-electron chi connectivity index (χ4n) is 3.49. The Morgan fingerprint density at radius 3 is 2.96 bits per heavy atom. The van der Waals surface area contributed by atoms with Crippen LogP contribution >= 0.6 is 15.9 Å². The lowest BCUT2D eigenvalue weighted by molar-refractivity contribution is 0.222. The molecule has 1 aliphatic heterocycles. The molecule has 1 N–H and O–H groups in total. The van der Waals surface area contributed by atoms with E-state index in [0.29, 0.717) is 6.54 Å². The number of rotatable bonds is 2. The number of fused-ring (bicyclic) bond motifs is 1. The Hall–Kier alpha value is -2.41. The standard InChI is InChI=1S/C19H20BrN5O/c1-12-10-14(5-6-15(12)20)22-19(26)25-9-7-13(11-25)17-23-16-4-3-8-21-18(16)24(17)2/h3-6,8,10,13H,7,9,11H2,1-2H3,(H,22,26)/t13-/m1/s1. The Balaban J connectivity index is 1.48. The van der Waals surface area contributed by atoms with Crippen molar-refractivity contribution < 1.29 is 4.79 Å². The number of hydrogen-bond donors (Lipinski definition) is 1. The lowest BCUT2D eigenvalue weighted by Gasteiger charge is -2.18. The van der Waals surface area contributed by atoms with Gasteiger partial charge in [0.2, 0.25) is 0 Å². The third-order valence-electron chi connectivity index (χ3n) is 4.91. The normalized spacial score (nSPS) is 17.0. The van der Waals surface area contributed by atoms with Crippen molar-refractivity contribution in [1.82, 2.24) is 19.4 Å². The molecule has 4 rings (SSSR count). The van der Waals surface area contributed by atoms with Gasteiger partial charge in [-0.05, 0) is 49.2 Å². The van der Waals surface area contributed by atoms with Crippen molar-refractivity contribution in [3.63, 3.8) is 0 Å². The molecular formula is C19H20BrN5O. The Bertz CT molecular complexity index is 983. The fraction of sp³-hybridized carbons (Fsp3) is 0.316. The zero-order valence-electron chi connectivity index (χ0n) is 14.7. The number of amides is 2. The van der Waals surface area contributed by atoms with Gasteiger partial charge in [-0.2, -0.15) is 0 Å². The van der Waals surface area contributed by atoms with Crippen LogP contribution in [0.4, 0.5) is 10.5 Å². The van der Waals surface area contributed by atoms with Crippen molar-refractivity contribution in [1.29, 1.82) is 0 Å². The molecule has 2 aromatic heterocycles. The van der Waals surface area contributed by atoms with E-state index in [1.54, 1.807) is 6.20 Å². The minimum Gasteiger partial charge on any atom is -0.324 e. The second-order valence-electron chi connectivity index (χ2n) is 6.70. The molecule has 1 atom stereocenters. The number of nitrogens with one attached hydrogen (secondary N) is 1. The van der Waals surface area contributed by atoms with Crippen LogP contribution in [0.1, 0.15) is 23.7 Å². The van der Waals surface area contributed by atoms with Gasteiger partial charge in [0.1, 0.15) is 11.3 Å². The van der Waals surface area contributed by atoms with E-state index >= 15 is 0 Å². The first-order valence-corrected chi connectivity index (χ1v) is 9.41. The number of nitrogens with zero attached hydrogens (tertiary/aromatic N) is 4. The molecule has 1 aliphatic rings. The van der Waals surface area contributed by atoms with Crippen LogP contribution in [0.15, 0.2) is 41.0 Å². The highest BCUT2D eigenvalue weighted by Gasteiger charge is 2.30. The van der Waals surface area contributed by atoms with Crippen molar-refractivity contribution >= 4 is 38.8 Å². The van der Waals surface area contributed by atoms with E-state index in [-0.39, 0.29) is 11.9 Å². The van der Waals surface area contributed by atoms with Crippen molar-refractivity contribution in [2.75, 3.05) is 18.4 Å². The van der Waals surface area contributed by atoms with Crippen LogP contribution in [0, 0.1) is 6.92 Å². The summed E-state index contributed by atoms with van der Waals surface area (Å²) in [5.41, 5.74) is 3.69. The van der Waals surface area contributed by atoms with Gasteiger partial charge in [-0.3, -0.25) is 0 Å². The second-order valence-corrected chi connectivity index (χ2v) is 7.56. The van der Waals surface area contributed by atoms with E-state index in [9.17, 15) is 4.79 Å². The van der Waals surface area contributed by atoms with E-state index in [0.717, 1.165) is 45.7 Å².